The SMILES string of the molecule is CC(=O)OCC(=O)OC(C)C(=O)CC1=CCC2(O)C(C)N(C)CCC23c2c(C)ccc(O)c2OC13. The number of ketones is 1. The molecule has 0 radical (unpaired) electrons. The molecule has 5 unspecified atom stereocenters. The second-order valence-electron chi connectivity index (χ2n) is 9.94. The second kappa shape index (κ2) is 8.95. The molecule has 35 heavy (non-hydrogen) atoms. The number of ether oxygens (including phenoxy) is 3. The van der Waals surface area contributed by atoms with Crippen molar-refractivity contribution in [3.63, 3.8) is 0 Å². The molecular weight excluding hydrogens is 454 g/mol. The number of rotatable bonds is 6. The van der Waals surface area contributed by atoms with Crippen LogP contribution in [0.4, 0.5) is 0 Å². The Bertz CT molecular complexity index is 1100. The summed E-state index contributed by atoms with van der Waals surface area (Å²) in [5.74, 6) is -1.41. The molecule has 2 N–H and O–H groups in total. The quantitative estimate of drug-likeness (QED) is 0.458. The Balaban J connectivity index is 1.65. The van der Waals surface area contributed by atoms with Gasteiger partial charge in [0.1, 0.15) is 6.10 Å². The Morgan fingerprint density at radius 3 is 2.71 bits per heavy atom. The number of Topliss-reactive ketones (excluding diaryl/α,β-unsaturated/α-hetero) is 1. The molecule has 1 saturated heterocycles. The number of aliphatic hydroxyl groups is 1. The zero-order valence-corrected chi connectivity index (χ0v) is 20.8. The Morgan fingerprint density at radius 1 is 1.31 bits per heavy atom. The van der Waals surface area contributed by atoms with Gasteiger partial charge in [-0.05, 0) is 64.4 Å². The smallest absolute Gasteiger partial charge is 0.344 e. The van der Waals surface area contributed by atoms with Crippen LogP contribution in [0.15, 0.2) is 23.8 Å². The second-order valence-corrected chi connectivity index (χ2v) is 9.94. The Morgan fingerprint density at radius 2 is 2.03 bits per heavy atom. The van der Waals surface area contributed by atoms with Gasteiger partial charge in [-0.25, -0.2) is 4.79 Å². The van der Waals surface area contributed by atoms with Crippen molar-refractivity contribution >= 4 is 17.7 Å². The summed E-state index contributed by atoms with van der Waals surface area (Å²) in [6.45, 7) is 6.73. The number of esters is 2. The maximum atomic E-state index is 13.0. The molecule has 4 rings (SSSR count). The minimum atomic E-state index is -1.18. The zero-order chi connectivity index (χ0) is 25.7. The van der Waals surface area contributed by atoms with Crippen molar-refractivity contribution in [1.82, 2.24) is 4.90 Å². The highest BCUT2D eigenvalue weighted by Gasteiger charge is 2.68. The number of likely N-dealkylation sites (tertiary alicyclic amines) is 1. The van der Waals surface area contributed by atoms with E-state index in [4.69, 9.17) is 9.47 Å². The molecule has 0 aromatic heterocycles. The van der Waals surface area contributed by atoms with E-state index in [2.05, 4.69) is 9.64 Å². The molecule has 9 heteroatoms. The van der Waals surface area contributed by atoms with E-state index >= 15 is 0 Å². The van der Waals surface area contributed by atoms with E-state index in [9.17, 15) is 24.6 Å². The number of phenolic OH excluding ortho intramolecular Hbond substituents is 1. The third-order valence-electron chi connectivity index (χ3n) is 8.00. The van der Waals surface area contributed by atoms with E-state index < -0.39 is 41.8 Å². The minimum absolute atomic E-state index is 0.00162. The number of piperidine rings is 1. The number of benzene rings is 1. The average molecular weight is 488 g/mol. The highest BCUT2D eigenvalue weighted by atomic mass is 16.6. The van der Waals surface area contributed by atoms with Crippen molar-refractivity contribution in [2.24, 2.45) is 0 Å². The van der Waals surface area contributed by atoms with E-state index in [-0.39, 0.29) is 24.0 Å². The lowest BCUT2D eigenvalue weighted by atomic mass is 9.53. The number of fused-ring (bicyclic) bond motifs is 1. The number of hydrogen-bond donors (Lipinski definition) is 2. The van der Waals surface area contributed by atoms with Crippen LogP contribution in [0.5, 0.6) is 11.5 Å². The molecule has 1 aliphatic carbocycles. The molecule has 3 aliphatic rings. The maximum Gasteiger partial charge on any atom is 0.344 e. The van der Waals surface area contributed by atoms with Gasteiger partial charge in [0, 0.05) is 24.9 Å². The summed E-state index contributed by atoms with van der Waals surface area (Å²) >= 11 is 0. The number of aromatic hydroxyl groups is 1. The first-order valence-corrected chi connectivity index (χ1v) is 11.9. The number of nitrogens with zero attached hydrogens (tertiary/aromatic N) is 1. The molecule has 1 aromatic rings. The van der Waals surface area contributed by atoms with Crippen LogP contribution in [0.2, 0.25) is 0 Å². The number of phenols is 1. The van der Waals surface area contributed by atoms with E-state index in [0.29, 0.717) is 30.7 Å². The summed E-state index contributed by atoms with van der Waals surface area (Å²) in [5.41, 5.74) is 0.383. The maximum absolute atomic E-state index is 13.0. The van der Waals surface area contributed by atoms with Gasteiger partial charge in [-0.15, -0.1) is 0 Å². The number of carbonyl (C=O) groups excluding carboxylic acids is 3. The van der Waals surface area contributed by atoms with Gasteiger partial charge in [0.25, 0.3) is 0 Å². The predicted octanol–water partition coefficient (Wildman–Crippen LogP) is 1.94. The predicted molar refractivity (Wildman–Crippen MR) is 125 cm³/mol. The lowest BCUT2D eigenvalue weighted by molar-refractivity contribution is -0.163. The van der Waals surface area contributed by atoms with E-state index in [0.717, 1.165) is 11.1 Å². The van der Waals surface area contributed by atoms with Crippen LogP contribution in [0.1, 0.15) is 51.2 Å². The molecule has 9 nitrogen and oxygen atoms in total. The highest BCUT2D eigenvalue weighted by molar-refractivity contribution is 5.88. The first-order valence-electron chi connectivity index (χ1n) is 11.9. The van der Waals surface area contributed by atoms with Gasteiger partial charge < -0.3 is 29.3 Å². The first kappa shape index (κ1) is 25.2. The van der Waals surface area contributed by atoms with E-state index in [1.54, 1.807) is 6.07 Å². The number of aryl methyl sites for hydroxylation is 1. The van der Waals surface area contributed by atoms with Crippen LogP contribution >= 0.6 is 0 Å². The fourth-order valence-electron chi connectivity index (χ4n) is 6.00. The highest BCUT2D eigenvalue weighted by Crippen LogP contribution is 2.62. The van der Waals surface area contributed by atoms with Crippen molar-refractivity contribution in [1.29, 1.82) is 0 Å². The van der Waals surface area contributed by atoms with Crippen molar-refractivity contribution in [2.75, 3.05) is 20.2 Å². The lowest BCUT2D eigenvalue weighted by Gasteiger charge is -2.59. The molecule has 0 saturated carbocycles. The van der Waals surface area contributed by atoms with Crippen LogP contribution < -0.4 is 4.74 Å². The van der Waals surface area contributed by atoms with Crippen molar-refractivity contribution in [2.45, 2.75) is 76.2 Å². The zero-order valence-electron chi connectivity index (χ0n) is 20.8. The molecule has 2 aliphatic heterocycles. The van der Waals surface area contributed by atoms with Crippen LogP contribution in [0.3, 0.4) is 0 Å². The third kappa shape index (κ3) is 3.90. The van der Waals surface area contributed by atoms with Gasteiger partial charge in [-0.2, -0.15) is 0 Å². The standard InChI is InChI=1S/C26H33NO8/c1-14-6-7-19(29)23-22(14)25-10-11-27(5)16(3)26(25,32)9-8-18(24(25)35-23)12-20(30)15(2)34-21(31)13-33-17(4)28/h6-8,15-16,24,29,32H,9-13H2,1-5H3. The first-order chi connectivity index (χ1) is 16.4. The Labute approximate surface area is 204 Å². The van der Waals surface area contributed by atoms with Crippen LogP contribution in [-0.2, 0) is 29.3 Å². The van der Waals surface area contributed by atoms with Gasteiger partial charge >= 0.3 is 11.9 Å². The lowest BCUT2D eigenvalue weighted by Crippen LogP contribution is -2.71. The minimum Gasteiger partial charge on any atom is -0.504 e. The monoisotopic (exact) mass is 487 g/mol. The normalized spacial score (nSPS) is 30.2. The summed E-state index contributed by atoms with van der Waals surface area (Å²) in [6.07, 6.45) is 1.02. The summed E-state index contributed by atoms with van der Waals surface area (Å²) in [5, 5.41) is 22.8. The van der Waals surface area contributed by atoms with Crippen molar-refractivity contribution in [3.05, 3.63) is 34.9 Å². The van der Waals surface area contributed by atoms with Crippen LogP contribution in [-0.4, -0.2) is 76.9 Å². The topological polar surface area (TPSA) is 123 Å². The fourth-order valence-corrected chi connectivity index (χ4v) is 6.00. The molecule has 2 heterocycles. The van der Waals surface area contributed by atoms with Gasteiger partial charge in [-0.1, -0.05) is 12.1 Å². The molecule has 1 aromatic carbocycles. The molecule has 0 amide bonds. The molecule has 1 fully saturated rings. The van der Waals surface area contributed by atoms with Crippen molar-refractivity contribution in [3.8, 4) is 11.5 Å². The summed E-state index contributed by atoms with van der Waals surface area (Å²) < 4.78 is 16.1. The number of carbonyl (C=O) groups is 3. The largest absolute Gasteiger partial charge is 0.504 e. The van der Waals surface area contributed by atoms with Gasteiger partial charge in [0.15, 0.2) is 30.0 Å². The molecule has 190 valence electrons. The Kier molecular flexibility index (Phi) is 6.44. The van der Waals surface area contributed by atoms with Crippen LogP contribution in [0, 0.1) is 6.92 Å². The molecule has 5 atom stereocenters. The average Bonchev–Trinajstić information content (AvgIpc) is 3.17. The van der Waals surface area contributed by atoms with Gasteiger partial charge in [-0.3, -0.25) is 9.59 Å². The Hall–Kier alpha value is -2.91. The number of likely N-dealkylation sites (N-methyl/N-ethyl adjacent to an activating group) is 1. The van der Waals surface area contributed by atoms with E-state index in [1.165, 1.54) is 13.8 Å². The number of hydrogen-bond acceptors (Lipinski definition) is 9. The van der Waals surface area contributed by atoms with Gasteiger partial charge in [0.2, 0.25) is 0 Å². The fraction of sp³-hybridized carbons (Fsp3) is 0.577. The molecule has 0 bridgehead atoms. The molecule has 1 spiro atoms. The van der Waals surface area contributed by atoms with Crippen LogP contribution in [0.25, 0.3) is 0 Å². The molecular formula is C26H33NO8. The summed E-state index contributed by atoms with van der Waals surface area (Å²) in [7, 11) is 1.98. The summed E-state index contributed by atoms with van der Waals surface area (Å²) in [6, 6.07) is 3.22. The summed E-state index contributed by atoms with van der Waals surface area (Å²) in [4.78, 5) is 38.0. The van der Waals surface area contributed by atoms with E-state index in [1.807, 2.05) is 33.0 Å². The van der Waals surface area contributed by atoms with Crippen molar-refractivity contribution < 1.29 is 38.8 Å². The third-order valence-corrected chi connectivity index (χ3v) is 8.00. The van der Waals surface area contributed by atoms with Gasteiger partial charge in [0.05, 0.1) is 11.0 Å².